The zero-order valence-corrected chi connectivity index (χ0v) is 18.2. The molecule has 0 amide bonds. The van der Waals surface area contributed by atoms with Crippen LogP contribution in [0.5, 0.6) is 11.5 Å². The van der Waals surface area contributed by atoms with Gasteiger partial charge < -0.3 is 20.7 Å². The minimum Gasteiger partial charge on any atom is -0.457 e. The molecule has 0 fully saturated rings. The summed E-state index contributed by atoms with van der Waals surface area (Å²) in [5.41, 5.74) is 5.87. The largest absolute Gasteiger partial charge is 0.457 e. The fourth-order valence-electron chi connectivity index (χ4n) is 2.98. The number of hydrogen-bond acceptors (Lipinski definition) is 5. The lowest BCUT2D eigenvalue weighted by atomic mass is 10.3. The van der Waals surface area contributed by atoms with Crippen LogP contribution < -0.4 is 31.9 Å². The third-order valence-electron chi connectivity index (χ3n) is 4.67. The van der Waals surface area contributed by atoms with Crippen molar-refractivity contribution in [2.45, 2.75) is 26.3 Å². The second-order valence-corrected chi connectivity index (χ2v) is 7.31. The van der Waals surface area contributed by atoms with Gasteiger partial charge in [-0.2, -0.15) is 0 Å². The summed E-state index contributed by atoms with van der Waals surface area (Å²) < 4.78 is 7.13. The standard InChI is InChI=1S/C22H25N5O3S/c1-3-4-14-27-19(23)18(20(28)25-21(27)29)26(2)22(31)24-15-10-12-17(13-11-15)30-16-8-6-5-7-9-16/h5-13H,3-4,14,23H2,1-2H3,(H,24,31)(H,25,28,29). The summed E-state index contributed by atoms with van der Waals surface area (Å²) >= 11 is 5.45. The molecule has 0 saturated heterocycles. The Hall–Kier alpha value is -3.59. The summed E-state index contributed by atoms with van der Waals surface area (Å²) in [7, 11) is 1.62. The van der Waals surface area contributed by atoms with Gasteiger partial charge in [-0.25, -0.2) is 4.79 Å². The molecule has 9 heteroatoms. The van der Waals surface area contributed by atoms with Gasteiger partial charge in [0.25, 0.3) is 5.56 Å². The molecule has 0 spiro atoms. The van der Waals surface area contributed by atoms with Gasteiger partial charge in [0.05, 0.1) is 0 Å². The van der Waals surface area contributed by atoms with Crippen molar-refractivity contribution in [2.75, 3.05) is 23.0 Å². The van der Waals surface area contributed by atoms with E-state index in [4.69, 9.17) is 22.7 Å². The molecule has 0 bridgehead atoms. The Morgan fingerprint density at radius 1 is 1.13 bits per heavy atom. The molecule has 4 N–H and O–H groups in total. The van der Waals surface area contributed by atoms with Crippen molar-refractivity contribution >= 4 is 34.5 Å². The first kappa shape index (κ1) is 22.1. The third kappa shape index (κ3) is 5.32. The SMILES string of the molecule is CCCCn1c(N)c(N(C)C(=S)Nc2ccc(Oc3ccccc3)cc2)c(=O)[nH]c1=O. The van der Waals surface area contributed by atoms with Crippen LogP contribution in [0.25, 0.3) is 0 Å². The van der Waals surface area contributed by atoms with E-state index in [9.17, 15) is 9.59 Å². The maximum Gasteiger partial charge on any atom is 0.330 e. The average molecular weight is 440 g/mol. The number of anilines is 3. The van der Waals surface area contributed by atoms with Gasteiger partial charge >= 0.3 is 5.69 Å². The Morgan fingerprint density at radius 3 is 2.42 bits per heavy atom. The number of hydrogen-bond donors (Lipinski definition) is 3. The number of ether oxygens (including phenoxy) is 1. The van der Waals surface area contributed by atoms with E-state index in [1.54, 1.807) is 7.05 Å². The van der Waals surface area contributed by atoms with Gasteiger partial charge in [-0.1, -0.05) is 31.5 Å². The Morgan fingerprint density at radius 2 is 1.77 bits per heavy atom. The van der Waals surface area contributed by atoms with Crippen LogP contribution in [-0.2, 0) is 6.54 Å². The van der Waals surface area contributed by atoms with Crippen molar-refractivity contribution in [1.29, 1.82) is 0 Å². The first-order chi connectivity index (χ1) is 14.9. The van der Waals surface area contributed by atoms with Gasteiger partial charge in [0.1, 0.15) is 23.0 Å². The van der Waals surface area contributed by atoms with Gasteiger partial charge in [0, 0.05) is 19.3 Å². The van der Waals surface area contributed by atoms with Gasteiger partial charge in [0.15, 0.2) is 5.11 Å². The lowest BCUT2D eigenvalue weighted by Gasteiger charge is -2.23. The average Bonchev–Trinajstić information content (AvgIpc) is 2.75. The molecule has 0 aliphatic rings. The smallest absolute Gasteiger partial charge is 0.330 e. The second kappa shape index (κ2) is 9.94. The number of nitrogens with two attached hydrogens (primary N) is 1. The fraction of sp³-hybridized carbons (Fsp3) is 0.227. The predicted molar refractivity (Wildman–Crippen MR) is 128 cm³/mol. The number of para-hydroxylation sites is 1. The first-order valence-electron chi connectivity index (χ1n) is 9.91. The number of thiocarbonyl (C=S) groups is 1. The summed E-state index contributed by atoms with van der Waals surface area (Å²) in [6.07, 6.45) is 1.65. The van der Waals surface area contributed by atoms with Crippen LogP contribution >= 0.6 is 12.2 Å². The summed E-state index contributed by atoms with van der Waals surface area (Å²) in [5, 5.41) is 3.33. The summed E-state index contributed by atoms with van der Waals surface area (Å²) in [6, 6.07) is 16.7. The van der Waals surface area contributed by atoms with E-state index in [-0.39, 0.29) is 16.6 Å². The molecule has 8 nitrogen and oxygen atoms in total. The molecule has 0 atom stereocenters. The molecule has 0 radical (unpaired) electrons. The molecular formula is C22H25N5O3S. The highest BCUT2D eigenvalue weighted by molar-refractivity contribution is 7.80. The minimum absolute atomic E-state index is 0.0838. The lowest BCUT2D eigenvalue weighted by Crippen LogP contribution is -2.40. The van der Waals surface area contributed by atoms with Crippen molar-refractivity contribution in [2.24, 2.45) is 0 Å². The molecule has 0 unspecified atom stereocenters. The molecule has 3 aromatic rings. The molecular weight excluding hydrogens is 414 g/mol. The lowest BCUT2D eigenvalue weighted by molar-refractivity contribution is 0.483. The van der Waals surface area contributed by atoms with E-state index in [0.29, 0.717) is 18.0 Å². The van der Waals surface area contributed by atoms with Gasteiger partial charge in [0.2, 0.25) is 0 Å². The molecule has 3 rings (SSSR count). The number of nitrogens with one attached hydrogen (secondary N) is 2. The van der Waals surface area contributed by atoms with Crippen LogP contribution in [-0.4, -0.2) is 21.7 Å². The number of aromatic nitrogens is 2. The van der Waals surface area contributed by atoms with E-state index in [0.717, 1.165) is 18.6 Å². The maximum atomic E-state index is 12.4. The highest BCUT2D eigenvalue weighted by Crippen LogP contribution is 2.23. The fourth-order valence-corrected chi connectivity index (χ4v) is 3.19. The number of H-pyrrole nitrogens is 1. The summed E-state index contributed by atoms with van der Waals surface area (Å²) in [6.45, 7) is 2.43. The third-order valence-corrected chi connectivity index (χ3v) is 5.05. The normalized spacial score (nSPS) is 10.5. The topological polar surface area (TPSA) is 105 Å². The van der Waals surface area contributed by atoms with Gasteiger partial charge in [-0.3, -0.25) is 14.3 Å². The molecule has 0 aliphatic heterocycles. The molecule has 0 saturated carbocycles. The first-order valence-corrected chi connectivity index (χ1v) is 10.3. The number of nitrogen functional groups attached to an aromatic ring is 1. The minimum atomic E-state index is -0.589. The Balaban J connectivity index is 1.75. The molecule has 1 aromatic heterocycles. The van der Waals surface area contributed by atoms with Gasteiger partial charge in [-0.05, 0) is 55.0 Å². The van der Waals surface area contributed by atoms with E-state index in [1.807, 2.05) is 61.5 Å². The number of nitrogens with zero attached hydrogens (tertiary/aromatic N) is 2. The van der Waals surface area contributed by atoms with Crippen molar-refractivity contribution in [3.63, 3.8) is 0 Å². The summed E-state index contributed by atoms with van der Waals surface area (Å²) in [5.74, 6) is 1.51. The van der Waals surface area contributed by atoms with E-state index < -0.39 is 11.2 Å². The Kier molecular flexibility index (Phi) is 7.09. The van der Waals surface area contributed by atoms with Gasteiger partial charge in [-0.15, -0.1) is 0 Å². The van der Waals surface area contributed by atoms with Crippen LogP contribution in [0.4, 0.5) is 17.2 Å². The quantitative estimate of drug-likeness (QED) is 0.484. The molecule has 1 heterocycles. The monoisotopic (exact) mass is 439 g/mol. The number of benzene rings is 2. The van der Waals surface area contributed by atoms with Crippen LogP contribution in [0, 0.1) is 0 Å². The molecule has 2 aromatic carbocycles. The molecule has 0 aliphatic carbocycles. The van der Waals surface area contributed by atoms with Crippen LogP contribution in [0.2, 0.25) is 0 Å². The van der Waals surface area contributed by atoms with Crippen LogP contribution in [0.3, 0.4) is 0 Å². The zero-order valence-electron chi connectivity index (χ0n) is 17.4. The van der Waals surface area contributed by atoms with Crippen LogP contribution in [0.1, 0.15) is 19.8 Å². The number of aromatic amines is 1. The maximum absolute atomic E-state index is 12.4. The molecule has 31 heavy (non-hydrogen) atoms. The Bertz CT molecular complexity index is 1160. The van der Waals surface area contributed by atoms with Crippen molar-refractivity contribution in [3.05, 3.63) is 75.4 Å². The number of rotatable bonds is 7. The predicted octanol–water partition coefficient (Wildman–Crippen LogP) is 3.54. The van der Waals surface area contributed by atoms with E-state index in [2.05, 4.69) is 10.3 Å². The van der Waals surface area contributed by atoms with Crippen molar-refractivity contribution < 1.29 is 4.74 Å². The molecule has 162 valence electrons. The van der Waals surface area contributed by atoms with Crippen molar-refractivity contribution in [3.8, 4) is 11.5 Å². The highest BCUT2D eigenvalue weighted by Gasteiger charge is 2.19. The second-order valence-electron chi connectivity index (χ2n) is 6.93. The van der Waals surface area contributed by atoms with Crippen LogP contribution in [0.15, 0.2) is 64.2 Å². The number of unbranched alkanes of at least 4 members (excludes halogenated alkanes) is 1. The van der Waals surface area contributed by atoms with Crippen molar-refractivity contribution in [1.82, 2.24) is 9.55 Å². The summed E-state index contributed by atoms with van der Waals surface area (Å²) in [4.78, 5) is 28.3. The Labute approximate surface area is 185 Å². The van der Waals surface area contributed by atoms with E-state index in [1.165, 1.54) is 9.47 Å². The zero-order chi connectivity index (χ0) is 22.4. The van der Waals surface area contributed by atoms with E-state index >= 15 is 0 Å². The highest BCUT2D eigenvalue weighted by atomic mass is 32.1.